The summed E-state index contributed by atoms with van der Waals surface area (Å²) in [4.78, 5) is 36.4. The van der Waals surface area contributed by atoms with E-state index < -0.39 is 18.0 Å². The lowest BCUT2D eigenvalue weighted by Crippen LogP contribution is -2.35. The number of hydrogen-bond acceptors (Lipinski definition) is 5. The van der Waals surface area contributed by atoms with Crippen LogP contribution in [0.5, 0.6) is 5.75 Å². The van der Waals surface area contributed by atoms with Crippen LogP contribution in [0.2, 0.25) is 0 Å². The molecule has 0 heterocycles. The summed E-state index contributed by atoms with van der Waals surface area (Å²) in [7, 11) is 1.55. The fourth-order valence-electron chi connectivity index (χ4n) is 2.59. The number of anilines is 1. The van der Waals surface area contributed by atoms with Gasteiger partial charge in [-0.1, -0.05) is 32.9 Å². The summed E-state index contributed by atoms with van der Waals surface area (Å²) in [6.45, 7) is 7.39. The first-order valence-electron chi connectivity index (χ1n) is 9.63. The third-order valence-electron chi connectivity index (χ3n) is 4.44. The molecule has 0 aliphatic rings. The van der Waals surface area contributed by atoms with Crippen molar-refractivity contribution in [2.75, 3.05) is 19.0 Å². The molecule has 30 heavy (non-hydrogen) atoms. The minimum Gasteiger partial charge on any atom is -0.497 e. The first-order valence-corrected chi connectivity index (χ1v) is 9.63. The maximum atomic E-state index is 12.2. The molecule has 2 N–H and O–H groups in total. The van der Waals surface area contributed by atoms with Crippen molar-refractivity contribution >= 4 is 23.5 Å². The monoisotopic (exact) mass is 412 g/mol. The van der Waals surface area contributed by atoms with Gasteiger partial charge in [0.1, 0.15) is 12.3 Å². The summed E-state index contributed by atoms with van der Waals surface area (Å²) in [5.74, 6) is -0.899. The van der Waals surface area contributed by atoms with Crippen LogP contribution in [0, 0.1) is 0 Å². The number of benzene rings is 2. The van der Waals surface area contributed by atoms with Crippen molar-refractivity contribution in [1.82, 2.24) is 5.32 Å². The number of carbonyl (C=O) groups is 3. The summed E-state index contributed by atoms with van der Waals surface area (Å²) in [5.41, 5.74) is 2.09. The topological polar surface area (TPSA) is 93.7 Å². The Morgan fingerprint density at radius 1 is 0.967 bits per heavy atom. The van der Waals surface area contributed by atoms with Crippen molar-refractivity contribution in [3.8, 4) is 5.75 Å². The second kappa shape index (κ2) is 9.91. The first-order chi connectivity index (χ1) is 14.1. The third-order valence-corrected chi connectivity index (χ3v) is 4.44. The smallest absolute Gasteiger partial charge is 0.326 e. The van der Waals surface area contributed by atoms with Crippen LogP contribution >= 0.6 is 0 Å². The van der Waals surface area contributed by atoms with Crippen molar-refractivity contribution in [3.05, 3.63) is 59.7 Å². The Morgan fingerprint density at radius 3 is 2.10 bits per heavy atom. The van der Waals surface area contributed by atoms with E-state index in [0.717, 1.165) is 5.56 Å². The number of methoxy groups -OCH3 is 1. The van der Waals surface area contributed by atoms with Crippen LogP contribution in [-0.2, 0) is 19.7 Å². The zero-order chi connectivity index (χ0) is 22.3. The number of amides is 2. The molecule has 2 aromatic rings. The van der Waals surface area contributed by atoms with E-state index in [4.69, 9.17) is 9.47 Å². The van der Waals surface area contributed by atoms with Gasteiger partial charge in [0.2, 0.25) is 0 Å². The van der Waals surface area contributed by atoms with Crippen molar-refractivity contribution < 1.29 is 23.9 Å². The quantitative estimate of drug-likeness (QED) is 0.681. The molecule has 2 rings (SSSR count). The van der Waals surface area contributed by atoms with E-state index in [0.29, 0.717) is 17.0 Å². The maximum absolute atomic E-state index is 12.2. The van der Waals surface area contributed by atoms with E-state index in [2.05, 4.69) is 31.4 Å². The summed E-state index contributed by atoms with van der Waals surface area (Å²) in [6.07, 6.45) is -1.01. The van der Waals surface area contributed by atoms with Gasteiger partial charge >= 0.3 is 5.97 Å². The van der Waals surface area contributed by atoms with Gasteiger partial charge in [0, 0.05) is 11.3 Å². The SMILES string of the molecule is COc1ccc(NC(=O)[C@H](C)OC(=O)CNC(=O)c2ccc(C(C)(C)C)cc2)cc1. The van der Waals surface area contributed by atoms with E-state index in [9.17, 15) is 14.4 Å². The number of rotatable bonds is 7. The molecule has 0 bridgehead atoms. The predicted octanol–water partition coefficient (Wildman–Crippen LogP) is 3.29. The molecule has 0 saturated carbocycles. The number of esters is 1. The Morgan fingerprint density at radius 2 is 1.57 bits per heavy atom. The van der Waals surface area contributed by atoms with Crippen molar-refractivity contribution in [1.29, 1.82) is 0 Å². The van der Waals surface area contributed by atoms with Gasteiger partial charge in [-0.2, -0.15) is 0 Å². The molecular weight excluding hydrogens is 384 g/mol. The number of ether oxygens (including phenoxy) is 2. The zero-order valence-corrected chi connectivity index (χ0v) is 17.9. The number of nitrogens with one attached hydrogen (secondary N) is 2. The lowest BCUT2D eigenvalue weighted by molar-refractivity contribution is -0.152. The molecule has 0 unspecified atom stereocenters. The van der Waals surface area contributed by atoms with Crippen molar-refractivity contribution in [2.24, 2.45) is 0 Å². The van der Waals surface area contributed by atoms with Gasteiger partial charge in [-0.3, -0.25) is 14.4 Å². The summed E-state index contributed by atoms with van der Waals surface area (Å²) in [5, 5.41) is 5.15. The van der Waals surface area contributed by atoms with Gasteiger partial charge < -0.3 is 20.1 Å². The molecule has 160 valence electrons. The third kappa shape index (κ3) is 6.62. The van der Waals surface area contributed by atoms with E-state index in [-0.39, 0.29) is 17.9 Å². The standard InChI is InChI=1S/C23H28N2O5/c1-15(21(27)25-18-10-12-19(29-5)13-11-18)30-20(26)14-24-22(28)16-6-8-17(9-7-16)23(2,3)4/h6-13,15H,14H2,1-5H3,(H,24,28)(H,25,27)/t15-/m0/s1. The predicted molar refractivity (Wildman–Crippen MR) is 115 cm³/mol. The summed E-state index contributed by atoms with van der Waals surface area (Å²) >= 11 is 0. The number of carbonyl (C=O) groups excluding carboxylic acids is 3. The summed E-state index contributed by atoms with van der Waals surface area (Å²) in [6, 6.07) is 14.0. The van der Waals surface area contributed by atoms with Crippen LogP contribution in [0.4, 0.5) is 5.69 Å². The first kappa shape index (κ1) is 22.9. The molecule has 0 saturated heterocycles. The Hall–Kier alpha value is -3.35. The van der Waals surface area contributed by atoms with E-state index >= 15 is 0 Å². The number of hydrogen-bond donors (Lipinski definition) is 2. The molecule has 2 amide bonds. The fourth-order valence-corrected chi connectivity index (χ4v) is 2.59. The van der Waals surface area contributed by atoms with Gasteiger partial charge in [0.15, 0.2) is 6.10 Å². The molecule has 0 aliphatic carbocycles. The van der Waals surface area contributed by atoms with Gasteiger partial charge in [-0.25, -0.2) is 0 Å². The van der Waals surface area contributed by atoms with E-state index in [1.54, 1.807) is 43.5 Å². The van der Waals surface area contributed by atoms with Crippen LogP contribution in [0.1, 0.15) is 43.6 Å². The molecule has 0 radical (unpaired) electrons. The Balaban J connectivity index is 1.81. The lowest BCUT2D eigenvalue weighted by atomic mass is 9.87. The average Bonchev–Trinajstić information content (AvgIpc) is 2.72. The molecule has 2 aromatic carbocycles. The molecule has 0 fully saturated rings. The molecular formula is C23H28N2O5. The zero-order valence-electron chi connectivity index (χ0n) is 17.9. The van der Waals surface area contributed by atoms with Crippen LogP contribution in [0.3, 0.4) is 0 Å². The summed E-state index contributed by atoms with van der Waals surface area (Å²) < 4.78 is 10.1. The Bertz CT molecular complexity index is 883. The second-order valence-corrected chi connectivity index (χ2v) is 7.86. The highest BCUT2D eigenvalue weighted by Gasteiger charge is 2.19. The average molecular weight is 412 g/mol. The van der Waals surface area contributed by atoms with Gasteiger partial charge in [-0.05, 0) is 54.3 Å². The Labute approximate surface area is 176 Å². The minimum absolute atomic E-state index is 0.0126. The largest absolute Gasteiger partial charge is 0.497 e. The molecule has 7 nitrogen and oxygen atoms in total. The molecule has 1 atom stereocenters. The van der Waals surface area contributed by atoms with Crippen molar-refractivity contribution in [3.63, 3.8) is 0 Å². The highest BCUT2D eigenvalue weighted by molar-refractivity contribution is 5.97. The normalized spacial score (nSPS) is 11.9. The molecule has 0 spiro atoms. The highest BCUT2D eigenvalue weighted by atomic mass is 16.5. The lowest BCUT2D eigenvalue weighted by Gasteiger charge is -2.19. The fraction of sp³-hybridized carbons (Fsp3) is 0.348. The van der Waals surface area contributed by atoms with Crippen LogP contribution in [0.15, 0.2) is 48.5 Å². The van der Waals surface area contributed by atoms with Crippen LogP contribution in [-0.4, -0.2) is 37.5 Å². The van der Waals surface area contributed by atoms with Crippen molar-refractivity contribution in [2.45, 2.75) is 39.2 Å². The van der Waals surface area contributed by atoms with E-state index in [1.807, 2.05) is 12.1 Å². The van der Waals surface area contributed by atoms with E-state index in [1.165, 1.54) is 6.92 Å². The van der Waals surface area contributed by atoms with Gasteiger partial charge in [0.25, 0.3) is 11.8 Å². The Kier molecular flexibility index (Phi) is 7.58. The highest BCUT2D eigenvalue weighted by Crippen LogP contribution is 2.22. The maximum Gasteiger partial charge on any atom is 0.326 e. The van der Waals surface area contributed by atoms with Crippen LogP contribution < -0.4 is 15.4 Å². The molecule has 7 heteroatoms. The molecule has 0 aromatic heterocycles. The van der Waals surface area contributed by atoms with Gasteiger partial charge in [0.05, 0.1) is 7.11 Å². The van der Waals surface area contributed by atoms with Gasteiger partial charge in [-0.15, -0.1) is 0 Å². The second-order valence-electron chi connectivity index (χ2n) is 7.86. The molecule has 0 aliphatic heterocycles. The van der Waals surface area contributed by atoms with Crippen LogP contribution in [0.25, 0.3) is 0 Å². The minimum atomic E-state index is -1.01.